The van der Waals surface area contributed by atoms with E-state index in [0.29, 0.717) is 0 Å². The van der Waals surface area contributed by atoms with Crippen LogP contribution in [0.1, 0.15) is 19.3 Å². The maximum Gasteiger partial charge on any atom is 0.222 e. The van der Waals surface area contributed by atoms with Gasteiger partial charge in [-0.15, -0.1) is 0 Å². The fourth-order valence-corrected chi connectivity index (χ4v) is 1.31. The predicted octanol–water partition coefficient (Wildman–Crippen LogP) is 1.41. The van der Waals surface area contributed by atoms with Gasteiger partial charge in [-0.3, -0.25) is 0 Å². The number of hydrogen-bond acceptors (Lipinski definition) is 4. The summed E-state index contributed by atoms with van der Waals surface area (Å²) in [7, 11) is 0. The topological polar surface area (TPSA) is 63.8 Å². The van der Waals surface area contributed by atoms with Crippen LogP contribution in [-0.4, -0.2) is 16.5 Å². The first-order valence-electron chi connectivity index (χ1n) is 4.77. The van der Waals surface area contributed by atoms with E-state index in [9.17, 15) is 4.39 Å². The van der Waals surface area contributed by atoms with Gasteiger partial charge in [0, 0.05) is 6.54 Å². The van der Waals surface area contributed by atoms with Gasteiger partial charge in [0.15, 0.2) is 11.6 Å². The lowest BCUT2D eigenvalue weighted by Gasteiger charge is -2.05. The van der Waals surface area contributed by atoms with Gasteiger partial charge in [0.2, 0.25) is 5.95 Å². The molecule has 1 aromatic rings. The van der Waals surface area contributed by atoms with Gasteiger partial charge in [0.05, 0.1) is 6.20 Å². The molecule has 0 aliphatic heterocycles. The molecule has 3 N–H and O–H groups in total. The Kier molecular flexibility index (Phi) is 2.47. The lowest BCUT2D eigenvalue weighted by Crippen LogP contribution is -2.08. The fourth-order valence-electron chi connectivity index (χ4n) is 1.31. The molecule has 76 valence electrons. The van der Waals surface area contributed by atoms with E-state index in [1.165, 1.54) is 12.8 Å². The summed E-state index contributed by atoms with van der Waals surface area (Å²) in [4.78, 5) is 7.32. The van der Waals surface area contributed by atoms with Crippen molar-refractivity contribution in [1.82, 2.24) is 9.97 Å². The number of halogens is 1. The highest BCUT2D eigenvalue weighted by Crippen LogP contribution is 2.32. The van der Waals surface area contributed by atoms with Crippen molar-refractivity contribution in [1.29, 1.82) is 0 Å². The zero-order chi connectivity index (χ0) is 9.97. The largest absolute Gasteiger partial charge is 0.368 e. The zero-order valence-electron chi connectivity index (χ0n) is 7.83. The molecule has 0 unspecified atom stereocenters. The van der Waals surface area contributed by atoms with Crippen LogP contribution in [0.3, 0.4) is 0 Å². The third-order valence-corrected chi connectivity index (χ3v) is 2.30. The summed E-state index contributed by atoms with van der Waals surface area (Å²) in [5, 5.41) is 2.92. The summed E-state index contributed by atoms with van der Waals surface area (Å²) in [6.07, 6.45) is 4.76. The SMILES string of the molecule is Nc1ncc(F)c(NCCC2CC2)n1. The second kappa shape index (κ2) is 3.77. The molecular weight excluding hydrogens is 183 g/mol. The Labute approximate surface area is 81.7 Å². The summed E-state index contributed by atoms with van der Waals surface area (Å²) in [6.45, 7) is 0.748. The van der Waals surface area contributed by atoms with E-state index in [-0.39, 0.29) is 11.8 Å². The highest BCUT2D eigenvalue weighted by molar-refractivity contribution is 5.38. The van der Waals surface area contributed by atoms with E-state index in [4.69, 9.17) is 5.73 Å². The van der Waals surface area contributed by atoms with Gasteiger partial charge in [0.25, 0.3) is 0 Å². The first kappa shape index (κ1) is 9.18. The van der Waals surface area contributed by atoms with Gasteiger partial charge in [-0.1, -0.05) is 12.8 Å². The summed E-state index contributed by atoms with van der Waals surface area (Å²) in [5.41, 5.74) is 5.34. The first-order valence-corrected chi connectivity index (χ1v) is 4.77. The van der Waals surface area contributed by atoms with Crippen LogP contribution in [0.2, 0.25) is 0 Å². The average molecular weight is 196 g/mol. The zero-order valence-corrected chi connectivity index (χ0v) is 7.83. The van der Waals surface area contributed by atoms with Crippen molar-refractivity contribution in [3.05, 3.63) is 12.0 Å². The van der Waals surface area contributed by atoms with Gasteiger partial charge in [0.1, 0.15) is 0 Å². The average Bonchev–Trinajstić information content (AvgIpc) is 2.95. The van der Waals surface area contributed by atoms with Crippen LogP contribution in [0.4, 0.5) is 16.2 Å². The fraction of sp³-hybridized carbons (Fsp3) is 0.556. The van der Waals surface area contributed by atoms with Crippen molar-refractivity contribution in [2.24, 2.45) is 5.92 Å². The van der Waals surface area contributed by atoms with Gasteiger partial charge in [-0.05, 0) is 12.3 Å². The van der Waals surface area contributed by atoms with Crippen LogP contribution in [0.15, 0.2) is 6.20 Å². The highest BCUT2D eigenvalue weighted by Gasteiger charge is 2.20. The molecule has 0 amide bonds. The lowest BCUT2D eigenvalue weighted by atomic mass is 10.3. The molecule has 1 fully saturated rings. The number of nitrogens with two attached hydrogens (primary N) is 1. The van der Waals surface area contributed by atoms with Crippen LogP contribution in [0, 0.1) is 11.7 Å². The first-order chi connectivity index (χ1) is 6.75. The maximum absolute atomic E-state index is 13.1. The van der Waals surface area contributed by atoms with Crippen molar-refractivity contribution in [2.75, 3.05) is 17.6 Å². The Hall–Kier alpha value is -1.39. The number of hydrogen-bond donors (Lipinski definition) is 2. The number of anilines is 2. The quantitative estimate of drug-likeness (QED) is 0.764. The number of rotatable bonds is 4. The molecule has 14 heavy (non-hydrogen) atoms. The second-order valence-electron chi connectivity index (χ2n) is 3.58. The van der Waals surface area contributed by atoms with E-state index >= 15 is 0 Å². The van der Waals surface area contributed by atoms with Gasteiger partial charge in [-0.2, -0.15) is 4.98 Å². The molecular formula is C9H13FN4. The molecule has 0 saturated heterocycles. The van der Waals surface area contributed by atoms with Crippen molar-refractivity contribution in [3.8, 4) is 0 Å². The number of nitrogens with zero attached hydrogens (tertiary/aromatic N) is 2. The number of nitrogens with one attached hydrogen (secondary N) is 1. The van der Waals surface area contributed by atoms with E-state index in [1.807, 2.05) is 0 Å². The molecule has 4 nitrogen and oxygen atoms in total. The predicted molar refractivity (Wildman–Crippen MR) is 52.2 cm³/mol. The molecule has 0 spiro atoms. The van der Waals surface area contributed by atoms with Crippen LogP contribution >= 0.6 is 0 Å². The van der Waals surface area contributed by atoms with Crippen molar-refractivity contribution in [2.45, 2.75) is 19.3 Å². The van der Waals surface area contributed by atoms with Crippen molar-refractivity contribution < 1.29 is 4.39 Å². The van der Waals surface area contributed by atoms with E-state index in [2.05, 4.69) is 15.3 Å². The molecule has 2 rings (SSSR count). The van der Waals surface area contributed by atoms with Crippen molar-refractivity contribution >= 4 is 11.8 Å². The Bertz CT molecular complexity index is 325. The molecule has 1 saturated carbocycles. The molecule has 0 aromatic carbocycles. The lowest BCUT2D eigenvalue weighted by molar-refractivity contribution is 0.616. The van der Waals surface area contributed by atoms with E-state index in [0.717, 1.165) is 25.1 Å². The summed E-state index contributed by atoms with van der Waals surface area (Å²) < 4.78 is 13.1. The molecule has 1 aromatic heterocycles. The van der Waals surface area contributed by atoms with Gasteiger partial charge < -0.3 is 11.1 Å². The summed E-state index contributed by atoms with van der Waals surface area (Å²) in [6, 6.07) is 0. The Morgan fingerprint density at radius 1 is 1.57 bits per heavy atom. The summed E-state index contributed by atoms with van der Waals surface area (Å²) >= 11 is 0. The van der Waals surface area contributed by atoms with Crippen LogP contribution < -0.4 is 11.1 Å². The Morgan fingerprint density at radius 2 is 2.36 bits per heavy atom. The minimum absolute atomic E-state index is 0.0975. The molecule has 1 heterocycles. The smallest absolute Gasteiger partial charge is 0.222 e. The molecule has 0 radical (unpaired) electrons. The molecule has 0 bridgehead atoms. The Balaban J connectivity index is 1.89. The second-order valence-corrected chi connectivity index (χ2v) is 3.58. The normalized spacial score (nSPS) is 15.5. The monoisotopic (exact) mass is 196 g/mol. The Morgan fingerprint density at radius 3 is 3.07 bits per heavy atom. The minimum Gasteiger partial charge on any atom is -0.368 e. The maximum atomic E-state index is 13.1. The molecule has 1 aliphatic carbocycles. The number of aromatic nitrogens is 2. The highest BCUT2D eigenvalue weighted by atomic mass is 19.1. The van der Waals surface area contributed by atoms with Crippen molar-refractivity contribution in [3.63, 3.8) is 0 Å². The van der Waals surface area contributed by atoms with Crippen LogP contribution in [-0.2, 0) is 0 Å². The van der Waals surface area contributed by atoms with Gasteiger partial charge in [-0.25, -0.2) is 9.37 Å². The third-order valence-electron chi connectivity index (χ3n) is 2.30. The van der Waals surface area contributed by atoms with Crippen LogP contribution in [0.25, 0.3) is 0 Å². The summed E-state index contributed by atoms with van der Waals surface area (Å²) in [5.74, 6) is 0.679. The molecule has 1 aliphatic rings. The molecule has 5 heteroatoms. The standard InChI is InChI=1S/C9H13FN4/c10-7-5-13-9(11)14-8(7)12-4-3-6-1-2-6/h5-6H,1-4H2,(H3,11,12,13,14). The third kappa shape index (κ3) is 2.31. The van der Waals surface area contributed by atoms with E-state index in [1.54, 1.807) is 0 Å². The molecule has 0 atom stereocenters. The van der Waals surface area contributed by atoms with Crippen LogP contribution in [0.5, 0.6) is 0 Å². The number of nitrogen functional groups attached to an aromatic ring is 1. The van der Waals surface area contributed by atoms with Gasteiger partial charge >= 0.3 is 0 Å². The van der Waals surface area contributed by atoms with E-state index < -0.39 is 5.82 Å². The minimum atomic E-state index is -0.449.